The molecule has 2 unspecified atom stereocenters. The summed E-state index contributed by atoms with van der Waals surface area (Å²) in [7, 11) is 0. The van der Waals surface area contributed by atoms with Gasteiger partial charge in [0.05, 0.1) is 22.7 Å². The first kappa shape index (κ1) is 20.4. The zero-order valence-corrected chi connectivity index (χ0v) is 15.6. The fourth-order valence-electron chi connectivity index (χ4n) is 4.10. The molecule has 1 aromatic carbocycles. The van der Waals surface area contributed by atoms with E-state index in [2.05, 4.69) is 16.7 Å². The number of non-ortho nitro benzene ring substituents is 1. The number of nitrogens with zero attached hydrogens (tertiary/aromatic N) is 3. The molecule has 0 aromatic heterocycles. The first-order chi connectivity index (χ1) is 13.5. The lowest BCUT2D eigenvalue weighted by molar-refractivity contribution is -0.385. The summed E-state index contributed by atoms with van der Waals surface area (Å²) in [5, 5.41) is 26.3. The first-order valence-electron chi connectivity index (χ1n) is 9.65. The van der Waals surface area contributed by atoms with Crippen LogP contribution in [0.2, 0.25) is 0 Å². The number of nitrogens with one attached hydrogen (secondary N) is 2. The maximum Gasteiger partial charge on any atom is 0.272 e. The van der Waals surface area contributed by atoms with Crippen LogP contribution in [-0.4, -0.2) is 54.3 Å². The highest BCUT2D eigenvalue weighted by molar-refractivity contribution is 5.50. The molecule has 1 heterocycles. The second-order valence-electron chi connectivity index (χ2n) is 7.61. The third-order valence-electron chi connectivity index (χ3n) is 5.62. The largest absolute Gasteiger partial charge is 0.382 e. The van der Waals surface area contributed by atoms with Crippen LogP contribution in [0.15, 0.2) is 18.2 Å². The van der Waals surface area contributed by atoms with Gasteiger partial charge in [0.1, 0.15) is 12.2 Å². The molecule has 1 aromatic rings. The van der Waals surface area contributed by atoms with Gasteiger partial charge in [0.25, 0.3) is 5.69 Å². The van der Waals surface area contributed by atoms with Crippen LogP contribution in [0.5, 0.6) is 0 Å². The molecule has 1 aliphatic carbocycles. The minimum absolute atomic E-state index is 0.260. The molecule has 1 saturated heterocycles. The second-order valence-corrected chi connectivity index (χ2v) is 7.61. The van der Waals surface area contributed by atoms with Crippen LogP contribution in [0.3, 0.4) is 0 Å². The number of hydrogen-bond acceptors (Lipinski definition) is 6. The van der Waals surface area contributed by atoms with Crippen molar-refractivity contribution in [1.82, 2.24) is 10.2 Å². The summed E-state index contributed by atoms with van der Waals surface area (Å²) in [6.45, 7) is 2.32. The predicted octanol–water partition coefficient (Wildman–Crippen LogP) is 2.84. The van der Waals surface area contributed by atoms with Gasteiger partial charge >= 0.3 is 0 Å². The Hall–Kier alpha value is -2.31. The molecule has 2 N–H and O–H groups in total. The number of halogens is 2. The molecule has 7 nitrogen and oxygen atoms in total. The van der Waals surface area contributed by atoms with Gasteiger partial charge in [0, 0.05) is 44.7 Å². The number of nitriles is 1. The number of hydrogen-bond donors (Lipinski definition) is 2. The molecule has 0 radical (unpaired) electrons. The van der Waals surface area contributed by atoms with Gasteiger partial charge in [-0.2, -0.15) is 5.26 Å². The van der Waals surface area contributed by atoms with Crippen LogP contribution < -0.4 is 10.6 Å². The third-order valence-corrected chi connectivity index (χ3v) is 5.62. The van der Waals surface area contributed by atoms with Crippen molar-refractivity contribution in [3.63, 3.8) is 0 Å². The van der Waals surface area contributed by atoms with Gasteiger partial charge in [-0.05, 0) is 31.2 Å². The fourth-order valence-corrected chi connectivity index (χ4v) is 4.10. The van der Waals surface area contributed by atoms with Crippen LogP contribution in [-0.2, 0) is 0 Å². The van der Waals surface area contributed by atoms with Crippen molar-refractivity contribution in [3.05, 3.63) is 34.1 Å². The smallest absolute Gasteiger partial charge is 0.272 e. The predicted molar refractivity (Wildman–Crippen MR) is 101 cm³/mol. The number of nitro benzene ring substituents is 1. The third kappa shape index (κ3) is 5.14. The molecule has 0 bridgehead atoms. The highest BCUT2D eigenvalue weighted by Crippen LogP contribution is 2.27. The lowest BCUT2D eigenvalue weighted by Crippen LogP contribution is -2.38. The van der Waals surface area contributed by atoms with E-state index in [4.69, 9.17) is 5.26 Å². The summed E-state index contributed by atoms with van der Waals surface area (Å²) >= 11 is 0. The summed E-state index contributed by atoms with van der Waals surface area (Å²) < 4.78 is 27.4. The average molecular weight is 393 g/mol. The Morgan fingerprint density at radius 1 is 1.36 bits per heavy atom. The Morgan fingerprint density at radius 2 is 2.18 bits per heavy atom. The van der Waals surface area contributed by atoms with Crippen LogP contribution in [0.4, 0.5) is 20.2 Å². The van der Waals surface area contributed by atoms with Gasteiger partial charge in [-0.25, -0.2) is 8.78 Å². The first-order valence-corrected chi connectivity index (χ1v) is 9.65. The van der Waals surface area contributed by atoms with Crippen LogP contribution in [0.1, 0.15) is 25.7 Å². The van der Waals surface area contributed by atoms with E-state index in [1.807, 2.05) is 4.90 Å². The van der Waals surface area contributed by atoms with E-state index in [1.165, 1.54) is 12.1 Å². The molecule has 0 amide bonds. The van der Waals surface area contributed by atoms with E-state index < -0.39 is 16.9 Å². The molecular formula is C19H25F2N5O2. The number of nitro groups is 1. The Labute approximate surface area is 162 Å². The highest BCUT2D eigenvalue weighted by atomic mass is 19.1. The van der Waals surface area contributed by atoms with Crippen LogP contribution in [0, 0.1) is 33.2 Å². The van der Waals surface area contributed by atoms with E-state index in [1.54, 1.807) is 0 Å². The number of benzene rings is 1. The topological polar surface area (TPSA) is 94.2 Å². The maximum atomic E-state index is 13.9. The van der Waals surface area contributed by atoms with Crippen LogP contribution in [0.25, 0.3) is 0 Å². The van der Waals surface area contributed by atoms with Crippen molar-refractivity contribution in [3.8, 4) is 6.07 Å². The summed E-state index contributed by atoms with van der Waals surface area (Å²) in [4.78, 5) is 11.9. The zero-order chi connectivity index (χ0) is 20.1. The molecule has 1 saturated carbocycles. The Balaban J connectivity index is 1.38. The Bertz CT molecular complexity index is 742. The standard InChI is InChI=1S/C19H25F2N5O2/c20-14-8-17(10-22)25(12-14)6-5-23-15-2-1-13(7-15)11-24-19-4-3-16(26(27)28)9-18(19)21/h3-4,9,13-15,17,23-24H,1-2,5-8,11-12H2/t13?,14-,15?,17-/m0/s1. The van der Waals surface area contributed by atoms with Gasteiger partial charge in [-0.3, -0.25) is 15.0 Å². The van der Waals surface area contributed by atoms with Gasteiger partial charge < -0.3 is 10.6 Å². The molecule has 4 atom stereocenters. The second kappa shape index (κ2) is 9.26. The van der Waals surface area contributed by atoms with E-state index in [9.17, 15) is 18.9 Å². The van der Waals surface area contributed by atoms with Gasteiger partial charge in [-0.15, -0.1) is 0 Å². The molecule has 0 spiro atoms. The quantitative estimate of drug-likeness (QED) is 0.521. The van der Waals surface area contributed by atoms with Crippen molar-refractivity contribution in [1.29, 1.82) is 5.26 Å². The molecule has 28 heavy (non-hydrogen) atoms. The van der Waals surface area contributed by atoms with E-state index >= 15 is 0 Å². The van der Waals surface area contributed by atoms with Crippen molar-refractivity contribution < 1.29 is 13.7 Å². The fraction of sp³-hybridized carbons (Fsp3) is 0.632. The van der Waals surface area contributed by atoms with Gasteiger partial charge in [0.2, 0.25) is 0 Å². The zero-order valence-electron chi connectivity index (χ0n) is 15.6. The van der Waals surface area contributed by atoms with Crippen molar-refractivity contribution in [2.45, 2.75) is 43.9 Å². The lowest BCUT2D eigenvalue weighted by atomic mass is 10.1. The molecule has 2 fully saturated rings. The normalized spacial score (nSPS) is 27.6. The summed E-state index contributed by atoms with van der Waals surface area (Å²) in [6, 6.07) is 5.81. The minimum atomic E-state index is -0.911. The Kier molecular flexibility index (Phi) is 6.75. The average Bonchev–Trinajstić information content (AvgIpc) is 3.26. The summed E-state index contributed by atoms with van der Waals surface area (Å²) in [6.07, 6.45) is 2.37. The molecule has 152 valence electrons. The van der Waals surface area contributed by atoms with Gasteiger partial charge in [-0.1, -0.05) is 0 Å². The molecule has 2 aliphatic rings. The number of likely N-dealkylation sites (tertiary alicyclic amines) is 1. The summed E-state index contributed by atoms with van der Waals surface area (Å²) in [5.74, 6) is -0.230. The van der Waals surface area contributed by atoms with E-state index in [0.717, 1.165) is 25.3 Å². The number of rotatable bonds is 8. The minimum Gasteiger partial charge on any atom is -0.382 e. The van der Waals surface area contributed by atoms with Crippen molar-refractivity contribution >= 4 is 11.4 Å². The maximum absolute atomic E-state index is 13.9. The molecule has 9 heteroatoms. The molecule has 1 aliphatic heterocycles. The van der Waals surface area contributed by atoms with E-state index in [-0.39, 0.29) is 17.4 Å². The monoisotopic (exact) mass is 393 g/mol. The number of alkyl halides is 1. The van der Waals surface area contributed by atoms with Crippen molar-refractivity contribution in [2.75, 3.05) is 31.5 Å². The lowest BCUT2D eigenvalue weighted by Gasteiger charge is -2.20. The number of anilines is 1. The van der Waals surface area contributed by atoms with Crippen molar-refractivity contribution in [2.24, 2.45) is 5.92 Å². The van der Waals surface area contributed by atoms with Crippen LogP contribution >= 0.6 is 0 Å². The molecular weight excluding hydrogens is 368 g/mol. The van der Waals surface area contributed by atoms with E-state index in [0.29, 0.717) is 44.6 Å². The Morgan fingerprint density at radius 3 is 2.89 bits per heavy atom. The van der Waals surface area contributed by atoms with Gasteiger partial charge in [0.15, 0.2) is 5.82 Å². The summed E-state index contributed by atoms with van der Waals surface area (Å²) in [5.41, 5.74) is 0.0169. The SMILES string of the molecule is N#C[C@@H]1C[C@H](F)CN1CCNC1CCC(CNc2ccc([N+](=O)[O-])cc2F)C1. The molecule has 3 rings (SSSR count). The highest BCUT2D eigenvalue weighted by Gasteiger charge is 2.32.